The summed E-state index contributed by atoms with van der Waals surface area (Å²) in [5.41, 5.74) is 8.42. The number of carbonyl (C=O) groups excluding carboxylic acids is 1. The maximum atomic E-state index is 12.2. The predicted molar refractivity (Wildman–Crippen MR) is 99.2 cm³/mol. The normalized spacial score (nSPS) is 11.2. The smallest absolute Gasteiger partial charge is 0.338 e. The van der Waals surface area contributed by atoms with E-state index in [9.17, 15) is 4.79 Å². The van der Waals surface area contributed by atoms with Crippen molar-refractivity contribution >= 4 is 27.6 Å². The molecule has 0 atom stereocenters. The number of hydrogen-bond acceptors (Lipinski definition) is 4. The van der Waals surface area contributed by atoms with Crippen molar-refractivity contribution in [2.75, 3.05) is 5.73 Å². The second-order valence-corrected chi connectivity index (χ2v) is 7.44. The number of rotatable bonds is 4. The van der Waals surface area contributed by atoms with Gasteiger partial charge in [0, 0.05) is 10.0 Å². The lowest BCUT2D eigenvalue weighted by atomic mass is 10.1. The number of halogens is 1. The summed E-state index contributed by atoms with van der Waals surface area (Å²) in [5, 5.41) is 0. The van der Waals surface area contributed by atoms with Crippen molar-refractivity contribution < 1.29 is 14.3 Å². The third-order valence-corrected chi connectivity index (χ3v) is 4.12. The van der Waals surface area contributed by atoms with Gasteiger partial charge in [0.05, 0.1) is 11.3 Å². The van der Waals surface area contributed by atoms with Gasteiger partial charge in [-0.25, -0.2) is 4.79 Å². The van der Waals surface area contributed by atoms with Gasteiger partial charge in [0.25, 0.3) is 0 Å². The molecule has 0 fully saturated rings. The lowest BCUT2D eigenvalue weighted by molar-refractivity contribution is 0.00693. The van der Waals surface area contributed by atoms with Gasteiger partial charge in [-0.05, 0) is 57.5 Å². The Bertz CT molecular complexity index is 751. The first kappa shape index (κ1) is 18.3. The van der Waals surface area contributed by atoms with Crippen LogP contribution >= 0.6 is 15.9 Å². The van der Waals surface area contributed by atoms with E-state index in [2.05, 4.69) is 15.9 Å². The Morgan fingerprint density at radius 2 is 1.92 bits per heavy atom. The van der Waals surface area contributed by atoms with Gasteiger partial charge in [-0.2, -0.15) is 0 Å². The van der Waals surface area contributed by atoms with Gasteiger partial charge in [0.1, 0.15) is 18.0 Å². The molecule has 2 N–H and O–H groups in total. The topological polar surface area (TPSA) is 61.5 Å². The molecule has 0 aromatic heterocycles. The first-order valence-electron chi connectivity index (χ1n) is 7.67. The minimum Gasteiger partial charge on any atom is -0.487 e. The minimum absolute atomic E-state index is 0.297. The fourth-order valence-corrected chi connectivity index (χ4v) is 2.45. The fourth-order valence-electron chi connectivity index (χ4n) is 2.08. The molecule has 0 aliphatic carbocycles. The van der Waals surface area contributed by atoms with Crippen LogP contribution in [-0.2, 0) is 11.3 Å². The number of para-hydroxylation sites is 1. The van der Waals surface area contributed by atoms with Crippen molar-refractivity contribution in [2.45, 2.75) is 39.9 Å². The van der Waals surface area contributed by atoms with Gasteiger partial charge in [-0.3, -0.25) is 0 Å². The van der Waals surface area contributed by atoms with Crippen LogP contribution in [0.5, 0.6) is 5.75 Å². The largest absolute Gasteiger partial charge is 0.487 e. The van der Waals surface area contributed by atoms with E-state index in [4.69, 9.17) is 15.2 Å². The molecule has 0 heterocycles. The zero-order chi connectivity index (χ0) is 17.9. The standard InChI is InChI=1S/C19H22BrNO3/c1-12-6-5-7-16(17(12)21)23-11-14-10-13(8-9-15(14)20)18(22)24-19(2,3)4/h5-10H,11,21H2,1-4H3. The second kappa shape index (κ2) is 7.26. The molecule has 0 bridgehead atoms. The summed E-state index contributed by atoms with van der Waals surface area (Å²) in [4.78, 5) is 12.2. The molecule has 0 saturated heterocycles. The monoisotopic (exact) mass is 391 g/mol. The average molecular weight is 392 g/mol. The van der Waals surface area contributed by atoms with Gasteiger partial charge >= 0.3 is 5.97 Å². The van der Waals surface area contributed by atoms with Crippen LogP contribution in [0.3, 0.4) is 0 Å². The quantitative estimate of drug-likeness (QED) is 0.596. The molecular weight excluding hydrogens is 370 g/mol. The molecule has 0 saturated carbocycles. The summed E-state index contributed by atoms with van der Waals surface area (Å²) < 4.78 is 12.1. The Labute approximate surface area is 151 Å². The van der Waals surface area contributed by atoms with Crippen LogP contribution in [0, 0.1) is 6.92 Å². The number of aryl methyl sites for hydroxylation is 1. The van der Waals surface area contributed by atoms with Crippen molar-refractivity contribution in [3.8, 4) is 5.75 Å². The summed E-state index contributed by atoms with van der Waals surface area (Å²) in [5.74, 6) is 0.274. The molecule has 0 aliphatic rings. The van der Waals surface area contributed by atoms with E-state index < -0.39 is 5.60 Å². The number of benzene rings is 2. The van der Waals surface area contributed by atoms with Crippen LogP contribution < -0.4 is 10.5 Å². The van der Waals surface area contributed by atoms with Crippen LogP contribution in [0.1, 0.15) is 42.3 Å². The summed E-state index contributed by atoms with van der Waals surface area (Å²) >= 11 is 3.48. The maximum Gasteiger partial charge on any atom is 0.338 e. The van der Waals surface area contributed by atoms with Gasteiger partial charge in [0.2, 0.25) is 0 Å². The molecular formula is C19H22BrNO3. The third-order valence-electron chi connectivity index (χ3n) is 3.35. The van der Waals surface area contributed by atoms with Crippen molar-refractivity contribution in [1.82, 2.24) is 0 Å². The number of nitrogens with two attached hydrogens (primary N) is 1. The first-order valence-corrected chi connectivity index (χ1v) is 8.46. The minimum atomic E-state index is -0.531. The van der Waals surface area contributed by atoms with Crippen LogP contribution in [0.15, 0.2) is 40.9 Å². The van der Waals surface area contributed by atoms with E-state index in [1.807, 2.05) is 52.0 Å². The Morgan fingerprint density at radius 3 is 2.58 bits per heavy atom. The van der Waals surface area contributed by atoms with Crippen LogP contribution in [-0.4, -0.2) is 11.6 Å². The number of nitrogen functional groups attached to an aromatic ring is 1. The predicted octanol–water partition coefficient (Wildman–Crippen LogP) is 4.87. The highest BCUT2D eigenvalue weighted by Gasteiger charge is 2.18. The van der Waals surface area contributed by atoms with Gasteiger partial charge in [0.15, 0.2) is 0 Å². The first-order chi connectivity index (χ1) is 11.2. The molecule has 0 spiro atoms. The molecule has 0 unspecified atom stereocenters. The molecule has 0 radical (unpaired) electrons. The molecule has 128 valence electrons. The zero-order valence-corrected chi connectivity index (χ0v) is 15.9. The summed E-state index contributed by atoms with van der Waals surface area (Å²) in [6.07, 6.45) is 0. The van der Waals surface area contributed by atoms with Gasteiger partial charge in [-0.15, -0.1) is 0 Å². The van der Waals surface area contributed by atoms with E-state index in [1.165, 1.54) is 0 Å². The van der Waals surface area contributed by atoms with E-state index in [-0.39, 0.29) is 5.97 Å². The second-order valence-electron chi connectivity index (χ2n) is 6.58. The van der Waals surface area contributed by atoms with Crippen molar-refractivity contribution in [3.63, 3.8) is 0 Å². The number of carbonyl (C=O) groups is 1. The SMILES string of the molecule is Cc1cccc(OCc2cc(C(=O)OC(C)(C)C)ccc2Br)c1N. The highest BCUT2D eigenvalue weighted by Crippen LogP contribution is 2.27. The zero-order valence-electron chi connectivity index (χ0n) is 14.4. The number of ether oxygens (including phenoxy) is 2. The maximum absolute atomic E-state index is 12.2. The third kappa shape index (κ3) is 4.74. The Morgan fingerprint density at radius 1 is 1.21 bits per heavy atom. The van der Waals surface area contributed by atoms with E-state index >= 15 is 0 Å². The van der Waals surface area contributed by atoms with Crippen LogP contribution in [0.2, 0.25) is 0 Å². The summed E-state index contributed by atoms with van der Waals surface area (Å²) in [7, 11) is 0. The fraction of sp³-hybridized carbons (Fsp3) is 0.316. The van der Waals surface area contributed by atoms with E-state index in [0.717, 1.165) is 15.6 Å². The van der Waals surface area contributed by atoms with Gasteiger partial charge < -0.3 is 15.2 Å². The molecule has 5 heteroatoms. The molecule has 2 aromatic rings. The van der Waals surface area contributed by atoms with E-state index in [1.54, 1.807) is 12.1 Å². The average Bonchev–Trinajstić information content (AvgIpc) is 2.48. The van der Waals surface area contributed by atoms with Crippen LogP contribution in [0.25, 0.3) is 0 Å². The molecule has 0 aliphatic heterocycles. The highest BCUT2D eigenvalue weighted by molar-refractivity contribution is 9.10. The molecule has 24 heavy (non-hydrogen) atoms. The Kier molecular flexibility index (Phi) is 5.54. The molecule has 2 aromatic carbocycles. The van der Waals surface area contributed by atoms with Crippen molar-refractivity contribution in [2.24, 2.45) is 0 Å². The number of anilines is 1. The highest BCUT2D eigenvalue weighted by atomic mass is 79.9. The van der Waals surface area contributed by atoms with Gasteiger partial charge in [-0.1, -0.05) is 28.1 Å². The van der Waals surface area contributed by atoms with Crippen molar-refractivity contribution in [1.29, 1.82) is 0 Å². The number of esters is 1. The summed E-state index contributed by atoms with van der Waals surface area (Å²) in [6.45, 7) is 7.75. The Hall–Kier alpha value is -2.01. The van der Waals surface area contributed by atoms with Crippen molar-refractivity contribution in [3.05, 3.63) is 57.6 Å². The lowest BCUT2D eigenvalue weighted by Gasteiger charge is -2.20. The molecule has 2 rings (SSSR count). The van der Waals surface area contributed by atoms with Crippen LogP contribution in [0.4, 0.5) is 5.69 Å². The van der Waals surface area contributed by atoms with E-state index in [0.29, 0.717) is 23.6 Å². The number of hydrogen-bond donors (Lipinski definition) is 1. The molecule has 4 nitrogen and oxygen atoms in total. The Balaban J connectivity index is 2.17. The molecule has 0 amide bonds. The lowest BCUT2D eigenvalue weighted by Crippen LogP contribution is -2.24. The summed E-state index contributed by atoms with van der Waals surface area (Å²) in [6, 6.07) is 11.0.